The number of nitrogens with zero attached hydrogens (tertiary/aromatic N) is 3. The maximum Gasteiger partial charge on any atom is 0.451 e. The second kappa shape index (κ2) is 13.7. The summed E-state index contributed by atoms with van der Waals surface area (Å²) in [5.41, 5.74) is 1.16. The third-order valence-corrected chi connectivity index (χ3v) is 8.46. The summed E-state index contributed by atoms with van der Waals surface area (Å²) in [7, 11) is 1.67. The van der Waals surface area contributed by atoms with Crippen molar-refractivity contribution >= 4 is 11.7 Å². The molecule has 4 heterocycles. The molecule has 2 N–H and O–H groups in total. The fraction of sp³-hybridized carbons (Fsp3) is 0.633. The van der Waals surface area contributed by atoms with Crippen LogP contribution in [0, 0.1) is 6.92 Å². The van der Waals surface area contributed by atoms with E-state index < -0.39 is 17.9 Å². The number of piperidine rings is 1. The summed E-state index contributed by atoms with van der Waals surface area (Å²) in [6, 6.07) is 10.3. The third-order valence-electron chi connectivity index (χ3n) is 8.46. The van der Waals surface area contributed by atoms with E-state index in [4.69, 9.17) is 14.2 Å². The van der Waals surface area contributed by atoms with Gasteiger partial charge in [-0.05, 0) is 51.0 Å². The molecule has 1 aromatic carbocycles. The Morgan fingerprint density at radius 3 is 2.57 bits per heavy atom. The second-order valence-electron chi connectivity index (χ2n) is 11.3. The summed E-state index contributed by atoms with van der Waals surface area (Å²) >= 11 is 0. The molecule has 0 aliphatic carbocycles. The van der Waals surface area contributed by atoms with Crippen LogP contribution in [0.4, 0.5) is 19.0 Å². The lowest BCUT2D eigenvalue weighted by Gasteiger charge is -2.38. The van der Waals surface area contributed by atoms with Crippen LogP contribution in [0.3, 0.4) is 0 Å². The highest BCUT2D eigenvalue weighted by molar-refractivity contribution is 5.94. The van der Waals surface area contributed by atoms with Crippen molar-refractivity contribution in [3.05, 3.63) is 53.0 Å². The number of benzene rings is 1. The fourth-order valence-corrected chi connectivity index (χ4v) is 6.03. The molecule has 1 amide bonds. The Morgan fingerprint density at radius 1 is 1.10 bits per heavy atom. The molecule has 3 fully saturated rings. The Labute approximate surface area is 244 Å². The number of carbonyl (C=O) groups excluding carboxylic acids is 1. The van der Waals surface area contributed by atoms with Gasteiger partial charge in [-0.3, -0.25) is 4.79 Å². The minimum atomic E-state index is -4.79. The number of methoxy groups -OCH3 is 1. The fourth-order valence-electron chi connectivity index (χ4n) is 6.03. The van der Waals surface area contributed by atoms with Crippen LogP contribution in [-0.4, -0.2) is 85.0 Å². The number of amides is 1. The minimum absolute atomic E-state index is 0.00721. The monoisotopic (exact) mass is 591 g/mol. The normalized spacial score (nSPS) is 25.8. The molecule has 0 saturated carbocycles. The van der Waals surface area contributed by atoms with Crippen molar-refractivity contribution in [3.63, 3.8) is 0 Å². The van der Waals surface area contributed by atoms with Gasteiger partial charge >= 0.3 is 6.18 Å². The van der Waals surface area contributed by atoms with Crippen molar-refractivity contribution in [1.82, 2.24) is 20.2 Å². The number of carbonyl (C=O) groups is 1. The molecule has 1 aromatic heterocycles. The molecule has 9 nitrogen and oxygen atoms in total. The molecule has 42 heavy (non-hydrogen) atoms. The van der Waals surface area contributed by atoms with Gasteiger partial charge in [-0.2, -0.15) is 13.2 Å². The first-order chi connectivity index (χ1) is 20.2. The molecule has 1 unspecified atom stereocenters. The van der Waals surface area contributed by atoms with Crippen molar-refractivity contribution < 1.29 is 32.2 Å². The van der Waals surface area contributed by atoms with E-state index in [2.05, 4.69) is 20.6 Å². The van der Waals surface area contributed by atoms with E-state index >= 15 is 0 Å². The molecule has 4 atom stereocenters. The van der Waals surface area contributed by atoms with E-state index in [0.717, 1.165) is 31.2 Å². The number of likely N-dealkylation sites (tertiary alicyclic amines) is 1. The van der Waals surface area contributed by atoms with Crippen LogP contribution in [0.15, 0.2) is 30.3 Å². The molecule has 3 saturated heterocycles. The Bertz CT molecular complexity index is 1190. The number of anilines is 1. The molecule has 0 spiro atoms. The van der Waals surface area contributed by atoms with Gasteiger partial charge in [-0.1, -0.05) is 30.3 Å². The van der Waals surface area contributed by atoms with Gasteiger partial charge in [0.1, 0.15) is 11.5 Å². The first-order valence-electron chi connectivity index (χ1n) is 14.8. The molecule has 0 radical (unpaired) electrons. The first-order valence-corrected chi connectivity index (χ1v) is 14.8. The van der Waals surface area contributed by atoms with Crippen LogP contribution >= 0.6 is 0 Å². The topological polar surface area (TPSA) is 97.8 Å². The van der Waals surface area contributed by atoms with Crippen LogP contribution in [0.1, 0.15) is 72.1 Å². The standard InChI is InChI=1S/C30H40F3N5O4/c1-19-26(28(39)38-14-11-21(12-15-38)35-23-13-16-41-18-25(23)40-2)36-29(30(31,32)33)37-27(19)34-17-22-9-6-10-24(42-22)20-7-4-3-5-8-20/h3-5,7-8,21-25,35H,6,9-18H2,1-2H3,(H,34,36,37)/t22?,23-,24-,25+/m0/s1. The lowest BCUT2D eigenvalue weighted by Crippen LogP contribution is -2.54. The first kappa shape index (κ1) is 30.7. The predicted octanol–water partition coefficient (Wildman–Crippen LogP) is 4.52. The summed E-state index contributed by atoms with van der Waals surface area (Å²) < 4.78 is 58.8. The van der Waals surface area contributed by atoms with Crippen LogP contribution in [-0.2, 0) is 20.4 Å². The minimum Gasteiger partial charge on any atom is -0.379 e. The highest BCUT2D eigenvalue weighted by Gasteiger charge is 2.38. The summed E-state index contributed by atoms with van der Waals surface area (Å²) in [6.45, 7) is 3.91. The maximum absolute atomic E-state index is 13.8. The molecule has 230 valence electrons. The molecule has 3 aliphatic heterocycles. The highest BCUT2D eigenvalue weighted by Crippen LogP contribution is 2.33. The van der Waals surface area contributed by atoms with Gasteiger partial charge in [0.05, 0.1) is 24.9 Å². The van der Waals surface area contributed by atoms with Gasteiger partial charge in [0.15, 0.2) is 0 Å². The number of rotatable bonds is 8. The summed E-state index contributed by atoms with van der Waals surface area (Å²) in [6.07, 6.45) is -0.278. The van der Waals surface area contributed by atoms with E-state index in [9.17, 15) is 18.0 Å². The second-order valence-corrected chi connectivity index (χ2v) is 11.3. The highest BCUT2D eigenvalue weighted by atomic mass is 19.4. The largest absolute Gasteiger partial charge is 0.451 e. The van der Waals surface area contributed by atoms with Crippen LogP contribution < -0.4 is 10.6 Å². The number of aromatic nitrogens is 2. The lowest BCUT2D eigenvalue weighted by atomic mass is 9.98. The van der Waals surface area contributed by atoms with Crippen LogP contribution in [0.2, 0.25) is 0 Å². The number of hydrogen-bond acceptors (Lipinski definition) is 8. The van der Waals surface area contributed by atoms with Crippen LogP contribution in [0.5, 0.6) is 0 Å². The zero-order valence-corrected chi connectivity index (χ0v) is 24.2. The molecular weight excluding hydrogens is 551 g/mol. The molecule has 0 bridgehead atoms. The zero-order chi connectivity index (χ0) is 29.7. The van der Waals surface area contributed by atoms with Gasteiger partial charge in [0.2, 0.25) is 5.82 Å². The Hall–Kier alpha value is -2.80. The van der Waals surface area contributed by atoms with Gasteiger partial charge < -0.3 is 29.7 Å². The van der Waals surface area contributed by atoms with Crippen molar-refractivity contribution in [3.8, 4) is 0 Å². The van der Waals surface area contributed by atoms with E-state index in [1.54, 1.807) is 18.9 Å². The Kier molecular flexibility index (Phi) is 9.97. The van der Waals surface area contributed by atoms with E-state index in [0.29, 0.717) is 44.7 Å². The number of nitrogens with one attached hydrogen (secondary N) is 2. The SMILES string of the molecule is CO[C@@H]1COCC[C@@H]1NC1CCN(C(=O)c2nc(C(F)(F)F)nc(NCC3CCC[C@@H](c4ccccc4)O3)c2C)CC1. The van der Waals surface area contributed by atoms with Crippen molar-refractivity contribution in [2.24, 2.45) is 0 Å². The van der Waals surface area contributed by atoms with Crippen LogP contribution in [0.25, 0.3) is 0 Å². The number of hydrogen-bond donors (Lipinski definition) is 2. The van der Waals surface area contributed by atoms with E-state index in [-0.39, 0.29) is 48.5 Å². The molecule has 2 aromatic rings. The number of halogens is 3. The number of alkyl halides is 3. The average molecular weight is 592 g/mol. The zero-order valence-electron chi connectivity index (χ0n) is 24.2. The number of ether oxygens (including phenoxy) is 3. The smallest absolute Gasteiger partial charge is 0.379 e. The van der Waals surface area contributed by atoms with Crippen molar-refractivity contribution in [2.45, 2.75) is 82.0 Å². The van der Waals surface area contributed by atoms with Gasteiger partial charge in [0, 0.05) is 51.0 Å². The molecule has 12 heteroatoms. The summed E-state index contributed by atoms with van der Waals surface area (Å²) in [5.74, 6) is -1.83. The van der Waals surface area contributed by atoms with Gasteiger partial charge in [-0.25, -0.2) is 9.97 Å². The molecular formula is C30H40F3N5O4. The molecule has 5 rings (SSSR count). The third kappa shape index (κ3) is 7.39. The summed E-state index contributed by atoms with van der Waals surface area (Å²) in [5, 5.41) is 6.68. The maximum atomic E-state index is 13.8. The van der Waals surface area contributed by atoms with E-state index in [1.165, 1.54) is 0 Å². The predicted molar refractivity (Wildman–Crippen MR) is 150 cm³/mol. The van der Waals surface area contributed by atoms with Gasteiger partial charge in [-0.15, -0.1) is 0 Å². The van der Waals surface area contributed by atoms with E-state index in [1.807, 2.05) is 30.3 Å². The van der Waals surface area contributed by atoms with Crippen molar-refractivity contribution in [1.29, 1.82) is 0 Å². The van der Waals surface area contributed by atoms with Crippen molar-refractivity contribution in [2.75, 3.05) is 45.3 Å². The summed E-state index contributed by atoms with van der Waals surface area (Å²) in [4.78, 5) is 22.6. The Morgan fingerprint density at radius 2 is 1.86 bits per heavy atom. The van der Waals surface area contributed by atoms with Gasteiger partial charge in [0.25, 0.3) is 5.91 Å². The lowest BCUT2D eigenvalue weighted by molar-refractivity contribution is -0.144. The quantitative estimate of drug-likeness (QED) is 0.463. The molecule has 3 aliphatic rings. The average Bonchev–Trinajstić information content (AvgIpc) is 3.01. The Balaban J connectivity index is 1.24.